The van der Waals surface area contributed by atoms with Crippen LogP contribution >= 0.6 is 23.6 Å². The van der Waals surface area contributed by atoms with Crippen LogP contribution in [0.1, 0.15) is 30.3 Å². The lowest BCUT2D eigenvalue weighted by Gasteiger charge is -2.36. The van der Waals surface area contributed by atoms with Crippen LogP contribution in [0.15, 0.2) is 24.3 Å². The minimum absolute atomic E-state index is 0.339. The smallest absolute Gasteiger partial charge is 0.169 e. The van der Waals surface area contributed by atoms with Crippen molar-refractivity contribution in [3.05, 3.63) is 29.3 Å². The minimum Gasteiger partial charge on any atom is -0.366 e. The van der Waals surface area contributed by atoms with E-state index in [1.807, 2.05) is 13.1 Å². The van der Waals surface area contributed by atoms with Crippen LogP contribution in [0, 0.1) is 0 Å². The quantitative estimate of drug-likeness (QED) is 0.816. The number of aromatic nitrogens is 1. The molecule has 5 heteroatoms. The van der Waals surface area contributed by atoms with Gasteiger partial charge in [-0.2, -0.15) is 0 Å². The first-order chi connectivity index (χ1) is 9.29. The maximum atomic E-state index is 5.42. The number of likely N-dealkylation sites (tertiary alicyclic amines) is 1. The lowest BCUT2D eigenvalue weighted by atomic mass is 10.0. The Hall–Kier alpha value is -1.20. The number of hydrogen-bond donors (Lipinski definition) is 1. The molecule has 1 aliphatic rings. The van der Waals surface area contributed by atoms with Crippen LogP contribution in [0.2, 0.25) is 0 Å². The lowest BCUT2D eigenvalue weighted by molar-refractivity contribution is 0.243. The summed E-state index contributed by atoms with van der Waals surface area (Å²) in [6.45, 7) is 1.03. The molecule has 2 aromatic rings. The molecule has 0 saturated carbocycles. The summed E-state index contributed by atoms with van der Waals surface area (Å²) in [5.41, 5.74) is 1.10. The van der Waals surface area contributed by atoms with Gasteiger partial charge in [-0.05, 0) is 43.6 Å². The van der Waals surface area contributed by atoms with Crippen LogP contribution in [-0.4, -0.2) is 28.6 Å². The molecule has 2 heterocycles. The Morgan fingerprint density at radius 2 is 2.26 bits per heavy atom. The zero-order chi connectivity index (χ0) is 13.2. The molecule has 0 amide bonds. The topological polar surface area (TPSA) is 28.2 Å². The van der Waals surface area contributed by atoms with E-state index >= 15 is 0 Å². The number of fused-ring (bicyclic) bond motifs is 1. The van der Waals surface area contributed by atoms with E-state index in [4.69, 9.17) is 17.2 Å². The molecule has 1 fully saturated rings. The molecule has 0 spiro atoms. The molecule has 19 heavy (non-hydrogen) atoms. The van der Waals surface area contributed by atoms with Gasteiger partial charge in [0, 0.05) is 13.6 Å². The van der Waals surface area contributed by atoms with Crippen molar-refractivity contribution < 1.29 is 0 Å². The molecule has 0 aliphatic carbocycles. The summed E-state index contributed by atoms with van der Waals surface area (Å²) in [7, 11) is 1.90. The van der Waals surface area contributed by atoms with Crippen molar-refractivity contribution in [3.63, 3.8) is 0 Å². The molecule has 3 rings (SSSR count). The van der Waals surface area contributed by atoms with Crippen molar-refractivity contribution >= 4 is 38.9 Å². The van der Waals surface area contributed by atoms with Crippen LogP contribution in [-0.2, 0) is 0 Å². The Morgan fingerprint density at radius 3 is 3.05 bits per heavy atom. The van der Waals surface area contributed by atoms with Gasteiger partial charge in [-0.15, -0.1) is 11.3 Å². The molecule has 1 saturated heterocycles. The molecular weight excluding hydrogens is 274 g/mol. The van der Waals surface area contributed by atoms with Crippen LogP contribution in [0.3, 0.4) is 0 Å². The number of benzene rings is 1. The highest BCUT2D eigenvalue weighted by molar-refractivity contribution is 7.80. The zero-order valence-corrected chi connectivity index (χ0v) is 12.6. The monoisotopic (exact) mass is 291 g/mol. The van der Waals surface area contributed by atoms with Gasteiger partial charge in [-0.3, -0.25) is 0 Å². The van der Waals surface area contributed by atoms with E-state index < -0.39 is 0 Å². The van der Waals surface area contributed by atoms with Gasteiger partial charge in [-0.25, -0.2) is 4.98 Å². The number of nitrogens with one attached hydrogen (secondary N) is 1. The number of para-hydroxylation sites is 1. The van der Waals surface area contributed by atoms with Crippen molar-refractivity contribution in [3.8, 4) is 0 Å². The zero-order valence-electron chi connectivity index (χ0n) is 10.9. The molecule has 1 N–H and O–H groups in total. The van der Waals surface area contributed by atoms with Crippen molar-refractivity contribution in [1.82, 2.24) is 15.2 Å². The highest BCUT2D eigenvalue weighted by Crippen LogP contribution is 2.35. The molecule has 1 aliphatic heterocycles. The highest BCUT2D eigenvalue weighted by Gasteiger charge is 2.27. The summed E-state index contributed by atoms with van der Waals surface area (Å²) < 4.78 is 1.26. The molecule has 0 bridgehead atoms. The third-order valence-corrected chi connectivity index (χ3v) is 5.15. The van der Waals surface area contributed by atoms with E-state index in [2.05, 4.69) is 28.4 Å². The Kier molecular flexibility index (Phi) is 3.66. The van der Waals surface area contributed by atoms with Crippen molar-refractivity contribution in [1.29, 1.82) is 0 Å². The summed E-state index contributed by atoms with van der Waals surface area (Å²) in [5, 5.41) is 5.13. The third kappa shape index (κ3) is 2.44. The summed E-state index contributed by atoms with van der Waals surface area (Å²) in [6, 6.07) is 8.68. The average Bonchev–Trinajstić information content (AvgIpc) is 2.90. The number of hydrogen-bond acceptors (Lipinski definition) is 3. The molecule has 1 aromatic carbocycles. The van der Waals surface area contributed by atoms with Crippen molar-refractivity contribution in [2.75, 3.05) is 13.6 Å². The predicted molar refractivity (Wildman–Crippen MR) is 84.6 cm³/mol. The normalized spacial score (nSPS) is 19.6. The van der Waals surface area contributed by atoms with Gasteiger partial charge >= 0.3 is 0 Å². The molecule has 1 aromatic heterocycles. The number of thiazole rings is 1. The van der Waals surface area contributed by atoms with E-state index in [0.29, 0.717) is 6.04 Å². The molecule has 0 radical (unpaired) electrons. The fraction of sp³-hybridized carbons (Fsp3) is 0.429. The van der Waals surface area contributed by atoms with Crippen molar-refractivity contribution in [2.24, 2.45) is 0 Å². The molecule has 0 unspecified atom stereocenters. The standard InChI is InChI=1S/C14H17N3S2/c1-15-14(18)17-9-5-4-7-11(17)13-16-10-6-2-3-8-12(10)19-13/h2-3,6,8,11H,4-5,7,9H2,1H3,(H,15,18)/t11-/m0/s1. The van der Waals surface area contributed by atoms with E-state index in [1.165, 1.54) is 22.5 Å². The Bertz CT molecular complexity index is 560. The fourth-order valence-corrected chi connectivity index (χ4v) is 3.94. The number of nitrogens with zero attached hydrogens (tertiary/aromatic N) is 2. The van der Waals surface area contributed by atoms with Crippen molar-refractivity contribution in [2.45, 2.75) is 25.3 Å². The molecule has 100 valence electrons. The van der Waals surface area contributed by atoms with E-state index in [1.54, 1.807) is 11.3 Å². The van der Waals surface area contributed by atoms with Gasteiger partial charge in [0.2, 0.25) is 0 Å². The SMILES string of the molecule is CNC(=S)N1CCCC[C@H]1c1nc2ccccc2s1. The summed E-state index contributed by atoms with van der Waals surface area (Å²) in [4.78, 5) is 7.08. The van der Waals surface area contributed by atoms with Gasteiger partial charge in [0.1, 0.15) is 5.01 Å². The maximum absolute atomic E-state index is 5.42. The second-order valence-corrected chi connectivity index (χ2v) is 6.23. The Morgan fingerprint density at radius 1 is 1.42 bits per heavy atom. The largest absolute Gasteiger partial charge is 0.366 e. The van der Waals surface area contributed by atoms with E-state index in [9.17, 15) is 0 Å². The van der Waals surface area contributed by atoms with Gasteiger partial charge in [-0.1, -0.05) is 12.1 Å². The van der Waals surface area contributed by atoms with Crippen LogP contribution in [0.4, 0.5) is 0 Å². The summed E-state index contributed by atoms with van der Waals surface area (Å²) >= 11 is 7.22. The van der Waals surface area contributed by atoms with Gasteiger partial charge in [0.15, 0.2) is 5.11 Å². The van der Waals surface area contributed by atoms with Crippen LogP contribution in [0.5, 0.6) is 0 Å². The van der Waals surface area contributed by atoms with Crippen LogP contribution in [0.25, 0.3) is 10.2 Å². The number of thiocarbonyl (C=S) groups is 1. The van der Waals surface area contributed by atoms with E-state index in [-0.39, 0.29) is 0 Å². The number of rotatable bonds is 1. The van der Waals surface area contributed by atoms with Crippen LogP contribution < -0.4 is 5.32 Å². The minimum atomic E-state index is 0.339. The van der Waals surface area contributed by atoms with Gasteiger partial charge in [0.25, 0.3) is 0 Å². The van der Waals surface area contributed by atoms with E-state index in [0.717, 1.165) is 23.6 Å². The molecule has 1 atom stereocenters. The summed E-state index contributed by atoms with van der Waals surface area (Å²) in [6.07, 6.45) is 3.61. The van der Waals surface area contributed by atoms with Gasteiger partial charge < -0.3 is 10.2 Å². The first kappa shape index (κ1) is 12.8. The predicted octanol–water partition coefficient (Wildman–Crippen LogP) is 3.33. The fourth-order valence-electron chi connectivity index (χ4n) is 2.61. The third-order valence-electron chi connectivity index (χ3n) is 3.57. The lowest BCUT2D eigenvalue weighted by Crippen LogP contribution is -2.43. The first-order valence-electron chi connectivity index (χ1n) is 6.63. The highest BCUT2D eigenvalue weighted by atomic mass is 32.1. The van der Waals surface area contributed by atoms with Gasteiger partial charge in [0.05, 0.1) is 16.3 Å². The Labute approximate surface area is 122 Å². The summed E-state index contributed by atoms with van der Waals surface area (Å²) in [5.74, 6) is 0. The maximum Gasteiger partial charge on any atom is 0.169 e. The second-order valence-electron chi connectivity index (χ2n) is 4.78. The molecular formula is C14H17N3S2. The first-order valence-corrected chi connectivity index (χ1v) is 7.86. The number of piperidine rings is 1. The Balaban J connectivity index is 1.95. The second kappa shape index (κ2) is 5.43. The molecule has 3 nitrogen and oxygen atoms in total. The average molecular weight is 291 g/mol.